The van der Waals surface area contributed by atoms with Crippen LogP contribution in [-0.2, 0) is 13.2 Å². The largest absolute Gasteiger partial charge is 0.487 e. The molecule has 4 heteroatoms. The molecular weight excluding hydrogens is 334 g/mol. The Morgan fingerprint density at radius 1 is 1.15 bits per heavy atom. The number of nitrogens with one attached hydrogen (secondary N) is 1. The van der Waals surface area contributed by atoms with Crippen LogP contribution >= 0.6 is 0 Å². The second-order valence-corrected chi connectivity index (χ2v) is 7.88. The van der Waals surface area contributed by atoms with Crippen LogP contribution in [0.5, 0.6) is 5.75 Å². The number of nitrogens with zero attached hydrogens (tertiary/aromatic N) is 2. The number of rotatable bonds is 8. The first-order valence-electron chi connectivity index (χ1n) is 10.1. The van der Waals surface area contributed by atoms with E-state index in [0.29, 0.717) is 6.61 Å². The summed E-state index contributed by atoms with van der Waals surface area (Å²) in [5, 5.41) is 3.63. The second-order valence-electron chi connectivity index (χ2n) is 7.88. The second kappa shape index (κ2) is 9.86. The fourth-order valence-electron chi connectivity index (χ4n) is 3.89. The minimum atomic E-state index is 0.511. The fraction of sp³-hybridized carbons (Fsp3) is 0.522. The van der Waals surface area contributed by atoms with Gasteiger partial charge in [0.25, 0.3) is 0 Å². The first-order chi connectivity index (χ1) is 13.1. The summed E-state index contributed by atoms with van der Waals surface area (Å²) in [7, 11) is 2.23. The van der Waals surface area contributed by atoms with E-state index in [9.17, 15) is 0 Å². The lowest BCUT2D eigenvalue weighted by atomic mass is 9.94. The molecule has 1 N–H and O–H groups in total. The SMILES string of the molecule is Cc1cc(CNCCC2CCN(C)CC2)cc(C)c1OCc1ccccn1. The van der Waals surface area contributed by atoms with Crippen molar-refractivity contribution in [1.82, 2.24) is 15.2 Å². The molecule has 0 aliphatic carbocycles. The molecule has 0 amide bonds. The third-order valence-corrected chi connectivity index (χ3v) is 5.51. The van der Waals surface area contributed by atoms with E-state index < -0.39 is 0 Å². The summed E-state index contributed by atoms with van der Waals surface area (Å²) in [5.41, 5.74) is 4.67. The minimum Gasteiger partial charge on any atom is -0.487 e. The zero-order chi connectivity index (χ0) is 19.1. The quantitative estimate of drug-likeness (QED) is 0.713. The molecule has 2 heterocycles. The van der Waals surface area contributed by atoms with E-state index in [2.05, 4.69) is 48.2 Å². The van der Waals surface area contributed by atoms with Gasteiger partial charge in [-0.2, -0.15) is 0 Å². The monoisotopic (exact) mass is 367 g/mol. The lowest BCUT2D eigenvalue weighted by Gasteiger charge is -2.28. The standard InChI is InChI=1S/C23H33N3O/c1-18-14-21(16-24-11-7-20-8-12-26(3)13-9-20)15-19(2)23(18)27-17-22-6-4-5-10-25-22/h4-6,10,14-15,20,24H,7-9,11-13,16-17H2,1-3H3. The fourth-order valence-corrected chi connectivity index (χ4v) is 3.89. The topological polar surface area (TPSA) is 37.4 Å². The molecule has 0 spiro atoms. The van der Waals surface area contributed by atoms with Gasteiger partial charge in [-0.05, 0) is 94.5 Å². The molecule has 0 atom stereocenters. The molecule has 1 saturated heterocycles. The Morgan fingerprint density at radius 3 is 2.56 bits per heavy atom. The zero-order valence-electron chi connectivity index (χ0n) is 17.0. The van der Waals surface area contributed by atoms with Crippen molar-refractivity contribution in [1.29, 1.82) is 0 Å². The van der Waals surface area contributed by atoms with Crippen LogP contribution in [-0.4, -0.2) is 36.6 Å². The maximum atomic E-state index is 6.04. The van der Waals surface area contributed by atoms with E-state index in [1.807, 2.05) is 18.2 Å². The van der Waals surface area contributed by atoms with Crippen LogP contribution in [0.3, 0.4) is 0 Å². The maximum Gasteiger partial charge on any atom is 0.130 e. The molecule has 1 aliphatic rings. The van der Waals surface area contributed by atoms with Gasteiger partial charge in [0.05, 0.1) is 5.69 Å². The number of ether oxygens (including phenoxy) is 1. The summed E-state index contributed by atoms with van der Waals surface area (Å²) < 4.78 is 6.04. The maximum absolute atomic E-state index is 6.04. The molecular formula is C23H33N3O. The summed E-state index contributed by atoms with van der Waals surface area (Å²) in [6.07, 6.45) is 5.78. The van der Waals surface area contributed by atoms with Gasteiger partial charge in [-0.25, -0.2) is 0 Å². The van der Waals surface area contributed by atoms with E-state index in [1.165, 1.54) is 49.0 Å². The molecule has 2 aromatic rings. The van der Waals surface area contributed by atoms with Crippen molar-refractivity contribution in [2.24, 2.45) is 5.92 Å². The van der Waals surface area contributed by atoms with Crippen molar-refractivity contribution < 1.29 is 4.74 Å². The Hall–Kier alpha value is -1.91. The van der Waals surface area contributed by atoms with Crippen molar-refractivity contribution in [2.45, 2.75) is 46.3 Å². The Kier molecular flexibility index (Phi) is 7.25. The summed E-state index contributed by atoms with van der Waals surface area (Å²) in [5.74, 6) is 1.87. The predicted octanol–water partition coefficient (Wildman–Crippen LogP) is 4.10. The Balaban J connectivity index is 1.46. The highest BCUT2D eigenvalue weighted by Crippen LogP contribution is 2.26. The Labute approximate surface area is 164 Å². The summed E-state index contributed by atoms with van der Waals surface area (Å²) in [4.78, 5) is 6.76. The number of likely N-dealkylation sites (tertiary alicyclic amines) is 1. The van der Waals surface area contributed by atoms with E-state index in [0.717, 1.165) is 30.5 Å². The number of pyridine rings is 1. The molecule has 146 valence electrons. The van der Waals surface area contributed by atoms with Gasteiger partial charge in [0.2, 0.25) is 0 Å². The van der Waals surface area contributed by atoms with Crippen molar-refractivity contribution >= 4 is 0 Å². The highest BCUT2D eigenvalue weighted by atomic mass is 16.5. The number of hydrogen-bond donors (Lipinski definition) is 1. The number of piperidine rings is 1. The highest BCUT2D eigenvalue weighted by Gasteiger charge is 2.15. The predicted molar refractivity (Wildman–Crippen MR) is 111 cm³/mol. The number of aromatic nitrogens is 1. The summed E-state index contributed by atoms with van der Waals surface area (Å²) >= 11 is 0. The van der Waals surface area contributed by atoms with Gasteiger partial charge < -0.3 is 15.0 Å². The molecule has 4 nitrogen and oxygen atoms in total. The van der Waals surface area contributed by atoms with Crippen molar-refractivity contribution in [2.75, 3.05) is 26.7 Å². The van der Waals surface area contributed by atoms with Crippen LogP contribution in [0.1, 0.15) is 41.6 Å². The lowest BCUT2D eigenvalue weighted by molar-refractivity contribution is 0.211. The summed E-state index contributed by atoms with van der Waals surface area (Å²) in [6.45, 7) is 9.30. The molecule has 3 rings (SSSR count). The van der Waals surface area contributed by atoms with Gasteiger partial charge in [-0.1, -0.05) is 18.2 Å². The smallest absolute Gasteiger partial charge is 0.130 e. The molecule has 0 radical (unpaired) electrons. The van der Waals surface area contributed by atoms with Crippen LogP contribution in [0.2, 0.25) is 0 Å². The third kappa shape index (κ3) is 6.05. The minimum absolute atomic E-state index is 0.511. The average Bonchev–Trinajstić information content (AvgIpc) is 2.67. The number of hydrogen-bond acceptors (Lipinski definition) is 4. The first kappa shape index (κ1) is 19.8. The molecule has 0 unspecified atom stereocenters. The molecule has 0 saturated carbocycles. The van der Waals surface area contributed by atoms with Crippen LogP contribution in [0.25, 0.3) is 0 Å². The third-order valence-electron chi connectivity index (χ3n) is 5.51. The summed E-state index contributed by atoms with van der Waals surface area (Å²) in [6, 6.07) is 10.4. The Bertz CT molecular complexity index is 686. The number of benzene rings is 1. The van der Waals surface area contributed by atoms with Gasteiger partial charge in [-0.3, -0.25) is 4.98 Å². The van der Waals surface area contributed by atoms with Crippen molar-refractivity contribution in [3.63, 3.8) is 0 Å². The molecule has 1 aliphatic heterocycles. The molecule has 27 heavy (non-hydrogen) atoms. The number of aryl methyl sites for hydroxylation is 2. The van der Waals surface area contributed by atoms with Gasteiger partial charge >= 0.3 is 0 Å². The molecule has 1 aromatic heterocycles. The molecule has 0 bridgehead atoms. The van der Waals surface area contributed by atoms with Crippen molar-refractivity contribution in [3.8, 4) is 5.75 Å². The molecule has 1 aromatic carbocycles. The van der Waals surface area contributed by atoms with E-state index in [1.54, 1.807) is 6.20 Å². The van der Waals surface area contributed by atoms with Crippen LogP contribution in [0.15, 0.2) is 36.5 Å². The molecule has 1 fully saturated rings. The Morgan fingerprint density at radius 2 is 1.89 bits per heavy atom. The van der Waals surface area contributed by atoms with Gasteiger partial charge in [0, 0.05) is 12.7 Å². The van der Waals surface area contributed by atoms with Crippen LogP contribution < -0.4 is 10.1 Å². The average molecular weight is 368 g/mol. The lowest BCUT2D eigenvalue weighted by Crippen LogP contribution is -2.31. The van der Waals surface area contributed by atoms with Crippen LogP contribution in [0.4, 0.5) is 0 Å². The first-order valence-corrected chi connectivity index (χ1v) is 10.1. The highest BCUT2D eigenvalue weighted by molar-refractivity contribution is 5.43. The van der Waals surface area contributed by atoms with E-state index >= 15 is 0 Å². The van der Waals surface area contributed by atoms with E-state index in [4.69, 9.17) is 4.74 Å². The normalized spacial score (nSPS) is 15.8. The van der Waals surface area contributed by atoms with E-state index in [-0.39, 0.29) is 0 Å². The van der Waals surface area contributed by atoms with Crippen molar-refractivity contribution in [3.05, 3.63) is 58.9 Å². The van der Waals surface area contributed by atoms with Crippen LogP contribution in [0, 0.1) is 19.8 Å². The zero-order valence-corrected chi connectivity index (χ0v) is 17.0. The van der Waals surface area contributed by atoms with Gasteiger partial charge in [-0.15, -0.1) is 0 Å². The van der Waals surface area contributed by atoms with Gasteiger partial charge in [0.15, 0.2) is 0 Å². The van der Waals surface area contributed by atoms with Gasteiger partial charge in [0.1, 0.15) is 12.4 Å².